The van der Waals surface area contributed by atoms with Crippen LogP contribution in [0.25, 0.3) is 0 Å². The number of thioether (sulfide) groups is 1. The molecular formula is C15H16N4O2S. The van der Waals surface area contributed by atoms with Crippen molar-refractivity contribution < 1.29 is 9.90 Å². The first-order valence-corrected chi connectivity index (χ1v) is 7.95. The van der Waals surface area contributed by atoms with Gasteiger partial charge in [-0.05, 0) is 12.5 Å². The van der Waals surface area contributed by atoms with Crippen LogP contribution in [0.3, 0.4) is 0 Å². The van der Waals surface area contributed by atoms with Gasteiger partial charge in [0.05, 0.1) is 17.4 Å². The highest BCUT2D eigenvalue weighted by Gasteiger charge is 2.30. The molecule has 0 aliphatic carbocycles. The lowest BCUT2D eigenvalue weighted by molar-refractivity contribution is -0.136. The number of carboxylic acid groups (broad SMARTS) is 1. The van der Waals surface area contributed by atoms with E-state index in [1.807, 2.05) is 38.1 Å². The van der Waals surface area contributed by atoms with Crippen molar-refractivity contribution in [2.24, 2.45) is 5.10 Å². The van der Waals surface area contributed by atoms with Crippen LogP contribution >= 0.6 is 11.8 Å². The molecule has 22 heavy (non-hydrogen) atoms. The molecule has 0 bridgehead atoms. The molecule has 1 aromatic heterocycles. The van der Waals surface area contributed by atoms with Crippen LogP contribution in [-0.2, 0) is 11.2 Å². The van der Waals surface area contributed by atoms with Crippen molar-refractivity contribution in [1.82, 2.24) is 14.9 Å². The van der Waals surface area contributed by atoms with E-state index in [-0.39, 0.29) is 11.7 Å². The Labute approximate surface area is 132 Å². The first-order chi connectivity index (χ1) is 10.6. The molecule has 114 valence electrons. The Morgan fingerprint density at radius 1 is 1.32 bits per heavy atom. The van der Waals surface area contributed by atoms with E-state index in [0.717, 1.165) is 29.1 Å². The fraction of sp³-hybridized carbons (Fsp3) is 0.333. The molecule has 0 spiro atoms. The number of fused-ring (bicyclic) bond motifs is 1. The summed E-state index contributed by atoms with van der Waals surface area (Å²) < 4.78 is 1.72. The van der Waals surface area contributed by atoms with E-state index in [4.69, 9.17) is 5.11 Å². The first kappa shape index (κ1) is 14.8. The van der Waals surface area contributed by atoms with Gasteiger partial charge in [0.2, 0.25) is 5.16 Å². The zero-order valence-electron chi connectivity index (χ0n) is 12.4. The molecule has 2 aromatic rings. The second-order valence-corrected chi connectivity index (χ2v) is 6.29. The largest absolute Gasteiger partial charge is 0.481 e. The normalized spacial score (nSPS) is 17.0. The number of hydrogen-bond donors (Lipinski definition) is 1. The summed E-state index contributed by atoms with van der Waals surface area (Å²) in [5.41, 5.74) is 2.85. The highest BCUT2D eigenvalue weighted by atomic mass is 32.2. The van der Waals surface area contributed by atoms with Gasteiger partial charge in [0, 0.05) is 6.42 Å². The van der Waals surface area contributed by atoms with E-state index in [0.29, 0.717) is 5.16 Å². The predicted octanol–water partition coefficient (Wildman–Crippen LogP) is 2.35. The average Bonchev–Trinajstić information content (AvgIpc) is 2.88. The Bertz CT molecular complexity index is 737. The lowest BCUT2D eigenvalue weighted by Crippen LogP contribution is -2.27. The van der Waals surface area contributed by atoms with Crippen LogP contribution in [0, 0.1) is 6.92 Å². The Morgan fingerprint density at radius 3 is 2.68 bits per heavy atom. The third kappa shape index (κ3) is 2.76. The van der Waals surface area contributed by atoms with Crippen LogP contribution in [0.15, 0.2) is 34.5 Å². The monoisotopic (exact) mass is 316 g/mol. The third-order valence-corrected chi connectivity index (χ3v) is 4.60. The SMILES string of the molecule is CCc1nnc2n1N=C(c1ccc(C)cc1)[C@H](CC(=O)O)S2. The van der Waals surface area contributed by atoms with Gasteiger partial charge in [0.25, 0.3) is 0 Å². The molecule has 2 heterocycles. The van der Waals surface area contributed by atoms with E-state index in [1.54, 1.807) is 4.68 Å². The predicted molar refractivity (Wildman–Crippen MR) is 84.4 cm³/mol. The molecule has 0 saturated carbocycles. The van der Waals surface area contributed by atoms with E-state index in [9.17, 15) is 4.79 Å². The molecule has 0 radical (unpaired) electrons. The molecule has 0 amide bonds. The molecule has 1 aromatic carbocycles. The molecule has 0 fully saturated rings. The van der Waals surface area contributed by atoms with Crippen LogP contribution in [0.1, 0.15) is 30.3 Å². The highest BCUT2D eigenvalue weighted by Crippen LogP contribution is 2.32. The average molecular weight is 316 g/mol. The summed E-state index contributed by atoms with van der Waals surface area (Å²) in [6.07, 6.45) is 0.730. The minimum Gasteiger partial charge on any atom is -0.481 e. The number of hydrogen-bond acceptors (Lipinski definition) is 5. The second kappa shape index (κ2) is 5.92. The lowest BCUT2D eigenvalue weighted by atomic mass is 10.0. The van der Waals surface area contributed by atoms with Gasteiger partial charge < -0.3 is 5.11 Å². The molecule has 1 atom stereocenters. The summed E-state index contributed by atoms with van der Waals surface area (Å²) in [4.78, 5) is 11.2. The zero-order valence-corrected chi connectivity index (χ0v) is 13.2. The van der Waals surface area contributed by atoms with Gasteiger partial charge in [0.1, 0.15) is 0 Å². The number of nitrogens with zero attached hydrogens (tertiary/aromatic N) is 4. The number of aliphatic carboxylic acids is 1. The Hall–Kier alpha value is -2.15. The molecule has 7 heteroatoms. The summed E-state index contributed by atoms with van der Waals surface area (Å²) >= 11 is 1.41. The second-order valence-electron chi connectivity index (χ2n) is 5.12. The smallest absolute Gasteiger partial charge is 0.304 e. The minimum atomic E-state index is -0.846. The maximum atomic E-state index is 11.2. The van der Waals surface area contributed by atoms with Gasteiger partial charge in [-0.2, -0.15) is 9.78 Å². The van der Waals surface area contributed by atoms with Crippen molar-refractivity contribution in [3.63, 3.8) is 0 Å². The molecule has 0 saturated heterocycles. The summed E-state index contributed by atoms with van der Waals surface area (Å²) in [5, 5.41) is 22.4. The van der Waals surface area contributed by atoms with Crippen LogP contribution in [0.4, 0.5) is 0 Å². The van der Waals surface area contributed by atoms with Crippen molar-refractivity contribution in [1.29, 1.82) is 0 Å². The van der Waals surface area contributed by atoms with Gasteiger partial charge in [-0.15, -0.1) is 10.2 Å². The molecular weight excluding hydrogens is 300 g/mol. The van der Waals surface area contributed by atoms with Crippen molar-refractivity contribution >= 4 is 23.4 Å². The van der Waals surface area contributed by atoms with Crippen LogP contribution in [-0.4, -0.2) is 36.9 Å². The number of carbonyl (C=O) groups is 1. The Morgan fingerprint density at radius 2 is 2.05 bits per heavy atom. The number of carboxylic acids is 1. The summed E-state index contributed by atoms with van der Waals surface area (Å²) in [5.74, 6) is -0.0677. The Kier molecular flexibility index (Phi) is 3.98. The van der Waals surface area contributed by atoms with Crippen molar-refractivity contribution in [3.05, 3.63) is 41.2 Å². The van der Waals surface area contributed by atoms with E-state index in [1.165, 1.54) is 11.8 Å². The molecule has 1 aliphatic heterocycles. The van der Waals surface area contributed by atoms with Gasteiger partial charge >= 0.3 is 5.97 Å². The first-order valence-electron chi connectivity index (χ1n) is 7.07. The van der Waals surface area contributed by atoms with Crippen LogP contribution in [0.5, 0.6) is 0 Å². The van der Waals surface area contributed by atoms with Gasteiger partial charge in [-0.3, -0.25) is 4.79 Å². The van der Waals surface area contributed by atoms with Crippen LogP contribution < -0.4 is 0 Å². The summed E-state index contributed by atoms with van der Waals surface area (Å²) in [6.45, 7) is 4.01. The topological polar surface area (TPSA) is 80.4 Å². The lowest BCUT2D eigenvalue weighted by Gasteiger charge is -2.22. The summed E-state index contributed by atoms with van der Waals surface area (Å²) in [7, 11) is 0. The highest BCUT2D eigenvalue weighted by molar-refractivity contribution is 8.00. The number of aryl methyl sites for hydroxylation is 2. The van der Waals surface area contributed by atoms with Gasteiger partial charge in [0.15, 0.2) is 5.82 Å². The van der Waals surface area contributed by atoms with E-state index >= 15 is 0 Å². The maximum Gasteiger partial charge on any atom is 0.304 e. The van der Waals surface area contributed by atoms with E-state index < -0.39 is 5.97 Å². The minimum absolute atomic E-state index is 0.00565. The fourth-order valence-corrected chi connectivity index (χ4v) is 3.42. The molecule has 1 N–H and O–H groups in total. The quantitative estimate of drug-likeness (QED) is 0.936. The third-order valence-electron chi connectivity index (χ3n) is 3.46. The van der Waals surface area contributed by atoms with Crippen molar-refractivity contribution in [3.8, 4) is 0 Å². The van der Waals surface area contributed by atoms with Gasteiger partial charge in [-0.1, -0.05) is 48.5 Å². The van der Waals surface area contributed by atoms with Crippen LogP contribution in [0.2, 0.25) is 0 Å². The molecule has 6 nitrogen and oxygen atoms in total. The number of benzene rings is 1. The fourth-order valence-electron chi connectivity index (χ4n) is 2.31. The number of rotatable bonds is 4. The molecule has 1 aliphatic rings. The van der Waals surface area contributed by atoms with Crippen molar-refractivity contribution in [2.45, 2.75) is 37.1 Å². The molecule has 3 rings (SSSR count). The summed E-state index contributed by atoms with van der Waals surface area (Å²) in [6, 6.07) is 7.96. The zero-order chi connectivity index (χ0) is 15.7. The van der Waals surface area contributed by atoms with Gasteiger partial charge in [-0.25, -0.2) is 0 Å². The van der Waals surface area contributed by atoms with Crippen molar-refractivity contribution in [2.75, 3.05) is 0 Å². The molecule has 0 unspecified atom stereocenters. The Balaban J connectivity index is 2.07. The standard InChI is InChI=1S/C15H16N4O2S/c1-3-12-16-17-15-19(12)18-14(11(22-15)8-13(20)21)10-6-4-9(2)5-7-10/h4-7,11H,3,8H2,1-2H3,(H,20,21)/t11-/m0/s1. The maximum absolute atomic E-state index is 11.2. The van der Waals surface area contributed by atoms with E-state index in [2.05, 4.69) is 15.3 Å². The number of aromatic nitrogens is 3.